The second-order valence-corrected chi connectivity index (χ2v) is 4.28. The Morgan fingerprint density at radius 2 is 1.76 bits per heavy atom. The average Bonchev–Trinajstić information content (AvgIpc) is 3.07. The second-order valence-electron chi connectivity index (χ2n) is 4.28. The van der Waals surface area contributed by atoms with Crippen molar-refractivity contribution >= 4 is 0 Å². The third-order valence-electron chi connectivity index (χ3n) is 2.84. The summed E-state index contributed by atoms with van der Waals surface area (Å²) in [7, 11) is 0. The fourth-order valence-corrected chi connectivity index (χ4v) is 1.91. The third-order valence-corrected chi connectivity index (χ3v) is 2.84. The van der Waals surface area contributed by atoms with E-state index < -0.39 is 17.7 Å². The Kier molecular flexibility index (Phi) is 3.04. The molecular formula is C14H8F4N2O. The molecule has 3 nitrogen and oxygen atoms in total. The van der Waals surface area contributed by atoms with Crippen molar-refractivity contribution in [2.45, 2.75) is 6.18 Å². The predicted octanol–water partition coefficient (Wildman–Crippen LogP) is 4.29. The van der Waals surface area contributed by atoms with Gasteiger partial charge in [0, 0.05) is 6.07 Å². The summed E-state index contributed by atoms with van der Waals surface area (Å²) < 4.78 is 58.0. The van der Waals surface area contributed by atoms with Crippen LogP contribution >= 0.6 is 0 Å². The zero-order chi connectivity index (χ0) is 15.0. The Labute approximate surface area is 116 Å². The molecular weight excluding hydrogens is 288 g/mol. The first-order valence-electron chi connectivity index (χ1n) is 5.92. The van der Waals surface area contributed by atoms with Crippen LogP contribution < -0.4 is 0 Å². The lowest BCUT2D eigenvalue weighted by molar-refractivity contribution is -0.142. The van der Waals surface area contributed by atoms with Crippen molar-refractivity contribution in [1.82, 2.24) is 9.78 Å². The first-order valence-corrected chi connectivity index (χ1v) is 5.92. The van der Waals surface area contributed by atoms with Gasteiger partial charge in [-0.05, 0) is 36.4 Å². The van der Waals surface area contributed by atoms with E-state index in [2.05, 4.69) is 5.10 Å². The number of benzene rings is 1. The SMILES string of the molecule is Fc1ccc(-n2nc(-c3ccco3)cc2C(F)(F)F)cc1. The minimum Gasteiger partial charge on any atom is -0.463 e. The smallest absolute Gasteiger partial charge is 0.433 e. The summed E-state index contributed by atoms with van der Waals surface area (Å²) in [5.41, 5.74) is -0.793. The van der Waals surface area contributed by atoms with Crippen molar-refractivity contribution < 1.29 is 22.0 Å². The van der Waals surface area contributed by atoms with Crippen LogP contribution in [-0.4, -0.2) is 9.78 Å². The molecule has 0 saturated carbocycles. The molecule has 0 bridgehead atoms. The van der Waals surface area contributed by atoms with Crippen LogP contribution in [0.2, 0.25) is 0 Å². The lowest BCUT2D eigenvalue weighted by Gasteiger charge is -2.09. The summed E-state index contributed by atoms with van der Waals surface area (Å²) >= 11 is 0. The van der Waals surface area contributed by atoms with Crippen LogP contribution in [0.4, 0.5) is 17.6 Å². The fourth-order valence-electron chi connectivity index (χ4n) is 1.91. The van der Waals surface area contributed by atoms with Crippen LogP contribution in [0.5, 0.6) is 0 Å². The number of nitrogens with zero attached hydrogens (tertiary/aromatic N) is 2. The fraction of sp³-hybridized carbons (Fsp3) is 0.0714. The Bertz CT molecular complexity index is 742. The van der Waals surface area contributed by atoms with Crippen molar-refractivity contribution in [3.05, 3.63) is 60.2 Å². The van der Waals surface area contributed by atoms with Gasteiger partial charge in [-0.25, -0.2) is 9.07 Å². The van der Waals surface area contributed by atoms with Gasteiger partial charge in [0.15, 0.2) is 5.76 Å². The number of halogens is 4. The molecule has 0 unspecified atom stereocenters. The highest BCUT2D eigenvalue weighted by Crippen LogP contribution is 2.34. The number of rotatable bonds is 2. The molecule has 0 amide bonds. The highest BCUT2D eigenvalue weighted by Gasteiger charge is 2.36. The summed E-state index contributed by atoms with van der Waals surface area (Å²) in [5, 5.41) is 3.90. The maximum absolute atomic E-state index is 13.1. The average molecular weight is 296 g/mol. The molecule has 0 spiro atoms. The lowest BCUT2D eigenvalue weighted by Crippen LogP contribution is -2.13. The predicted molar refractivity (Wildman–Crippen MR) is 66.2 cm³/mol. The van der Waals surface area contributed by atoms with Gasteiger partial charge in [-0.1, -0.05) is 0 Å². The molecule has 0 aliphatic heterocycles. The van der Waals surface area contributed by atoms with Crippen molar-refractivity contribution in [1.29, 1.82) is 0 Å². The molecule has 2 aromatic heterocycles. The molecule has 1 aromatic carbocycles. The molecule has 0 aliphatic rings. The standard InChI is InChI=1S/C14H8F4N2O/c15-9-3-5-10(6-4-9)20-13(14(16,17)18)8-11(19-20)12-2-1-7-21-12/h1-8H. The van der Waals surface area contributed by atoms with Gasteiger partial charge in [-0.15, -0.1) is 0 Å². The van der Waals surface area contributed by atoms with Gasteiger partial charge in [-0.2, -0.15) is 18.3 Å². The summed E-state index contributed by atoms with van der Waals surface area (Å²) in [4.78, 5) is 0. The van der Waals surface area contributed by atoms with Gasteiger partial charge < -0.3 is 4.42 Å². The van der Waals surface area contributed by atoms with Gasteiger partial charge >= 0.3 is 6.18 Å². The number of hydrogen-bond donors (Lipinski definition) is 0. The maximum atomic E-state index is 13.1. The summed E-state index contributed by atoms with van der Waals surface area (Å²) in [5.74, 6) is -0.313. The molecule has 3 aromatic rings. The first-order chi connectivity index (χ1) is 9.95. The molecule has 0 aliphatic carbocycles. The summed E-state index contributed by atoms with van der Waals surface area (Å²) in [6.45, 7) is 0. The molecule has 108 valence electrons. The Morgan fingerprint density at radius 3 is 2.33 bits per heavy atom. The highest BCUT2D eigenvalue weighted by molar-refractivity contribution is 5.54. The molecule has 0 N–H and O–H groups in total. The second kappa shape index (κ2) is 4.76. The monoisotopic (exact) mass is 296 g/mol. The zero-order valence-corrected chi connectivity index (χ0v) is 10.4. The highest BCUT2D eigenvalue weighted by atomic mass is 19.4. The number of furan rings is 1. The van der Waals surface area contributed by atoms with E-state index in [9.17, 15) is 17.6 Å². The van der Waals surface area contributed by atoms with Crippen LogP contribution in [0.3, 0.4) is 0 Å². The third kappa shape index (κ3) is 2.54. The van der Waals surface area contributed by atoms with Gasteiger partial charge in [-0.3, -0.25) is 0 Å². The maximum Gasteiger partial charge on any atom is 0.433 e. The van der Waals surface area contributed by atoms with E-state index in [1.54, 1.807) is 6.07 Å². The largest absolute Gasteiger partial charge is 0.463 e. The zero-order valence-electron chi connectivity index (χ0n) is 10.4. The number of hydrogen-bond acceptors (Lipinski definition) is 2. The van der Waals surface area contributed by atoms with Crippen LogP contribution in [0.15, 0.2) is 53.1 Å². The topological polar surface area (TPSA) is 31.0 Å². The van der Waals surface area contributed by atoms with Crippen molar-refractivity contribution in [3.8, 4) is 17.1 Å². The van der Waals surface area contributed by atoms with Crippen LogP contribution in [0, 0.1) is 5.82 Å². The lowest BCUT2D eigenvalue weighted by atomic mass is 10.3. The van der Waals surface area contributed by atoms with E-state index in [1.165, 1.54) is 24.5 Å². The van der Waals surface area contributed by atoms with E-state index in [0.29, 0.717) is 0 Å². The molecule has 7 heteroatoms. The Morgan fingerprint density at radius 1 is 1.05 bits per heavy atom. The van der Waals surface area contributed by atoms with Gasteiger partial charge in [0.05, 0.1) is 12.0 Å². The number of aromatic nitrogens is 2. The Hall–Kier alpha value is -2.57. The van der Waals surface area contributed by atoms with E-state index in [4.69, 9.17) is 4.42 Å². The normalized spacial score (nSPS) is 11.8. The molecule has 0 saturated heterocycles. The van der Waals surface area contributed by atoms with Crippen molar-refractivity contribution in [2.24, 2.45) is 0 Å². The molecule has 0 fully saturated rings. The molecule has 2 heterocycles. The van der Waals surface area contributed by atoms with Crippen molar-refractivity contribution in [2.75, 3.05) is 0 Å². The van der Waals surface area contributed by atoms with Gasteiger partial charge in [0.2, 0.25) is 0 Å². The molecule has 0 atom stereocenters. The van der Waals surface area contributed by atoms with E-state index in [-0.39, 0.29) is 17.1 Å². The van der Waals surface area contributed by atoms with Gasteiger partial charge in [0.25, 0.3) is 0 Å². The Balaban J connectivity index is 2.16. The first kappa shape index (κ1) is 13.4. The minimum absolute atomic E-state index is 0.0525. The summed E-state index contributed by atoms with van der Waals surface area (Å²) in [6.07, 6.45) is -3.24. The van der Waals surface area contributed by atoms with E-state index in [1.807, 2.05) is 0 Å². The molecule has 0 radical (unpaired) electrons. The van der Waals surface area contributed by atoms with Gasteiger partial charge in [0.1, 0.15) is 17.2 Å². The van der Waals surface area contributed by atoms with E-state index >= 15 is 0 Å². The van der Waals surface area contributed by atoms with Crippen LogP contribution in [-0.2, 0) is 6.18 Å². The number of alkyl halides is 3. The molecule has 3 rings (SSSR count). The summed E-state index contributed by atoms with van der Waals surface area (Å²) in [6, 6.07) is 8.56. The quantitative estimate of drug-likeness (QED) is 0.660. The van der Waals surface area contributed by atoms with Crippen LogP contribution in [0.25, 0.3) is 17.1 Å². The van der Waals surface area contributed by atoms with E-state index in [0.717, 1.165) is 22.9 Å². The molecule has 21 heavy (non-hydrogen) atoms. The van der Waals surface area contributed by atoms with Crippen molar-refractivity contribution in [3.63, 3.8) is 0 Å². The van der Waals surface area contributed by atoms with Crippen LogP contribution in [0.1, 0.15) is 5.69 Å². The minimum atomic E-state index is -4.59.